The van der Waals surface area contributed by atoms with E-state index in [9.17, 15) is 9.59 Å². The van der Waals surface area contributed by atoms with E-state index in [2.05, 4.69) is 18.5 Å². The Morgan fingerprint density at radius 3 is 2.65 bits per heavy atom. The summed E-state index contributed by atoms with van der Waals surface area (Å²) in [4.78, 5) is 26.8. The van der Waals surface area contributed by atoms with Crippen LogP contribution in [0.15, 0.2) is 24.8 Å². The van der Waals surface area contributed by atoms with Gasteiger partial charge in [-0.15, -0.1) is 6.58 Å². The molecule has 0 saturated carbocycles. The van der Waals surface area contributed by atoms with Gasteiger partial charge in [-0.1, -0.05) is 12.7 Å². The molecule has 0 unspecified atom stereocenters. The molecule has 6 nitrogen and oxygen atoms in total. The molecule has 6 heteroatoms. The van der Waals surface area contributed by atoms with E-state index < -0.39 is 0 Å². The standard InChI is InChI=1S/C14H23N3O3/c1-4-10-20-11-9-17-8-7-16(14(17)19)6-5-15-13(18)12(2)3/h4H,1-2,5-11H2,3H3,(H,15,18). The van der Waals surface area contributed by atoms with Gasteiger partial charge < -0.3 is 19.9 Å². The van der Waals surface area contributed by atoms with Crippen molar-refractivity contribution in [2.75, 3.05) is 45.9 Å². The van der Waals surface area contributed by atoms with Crippen LogP contribution in [-0.4, -0.2) is 67.7 Å². The van der Waals surface area contributed by atoms with Crippen LogP contribution >= 0.6 is 0 Å². The smallest absolute Gasteiger partial charge is 0.320 e. The van der Waals surface area contributed by atoms with Gasteiger partial charge in [0.1, 0.15) is 0 Å². The van der Waals surface area contributed by atoms with Crippen LogP contribution in [0.4, 0.5) is 4.79 Å². The van der Waals surface area contributed by atoms with Crippen LogP contribution in [0, 0.1) is 0 Å². The molecule has 0 atom stereocenters. The summed E-state index contributed by atoms with van der Waals surface area (Å²) in [6.45, 7) is 12.7. The maximum absolute atomic E-state index is 12.0. The van der Waals surface area contributed by atoms with Crippen molar-refractivity contribution in [3.63, 3.8) is 0 Å². The van der Waals surface area contributed by atoms with Gasteiger partial charge in [-0.3, -0.25) is 4.79 Å². The number of amides is 3. The van der Waals surface area contributed by atoms with Crippen molar-refractivity contribution in [3.05, 3.63) is 24.8 Å². The highest BCUT2D eigenvalue weighted by atomic mass is 16.5. The first-order valence-corrected chi connectivity index (χ1v) is 6.72. The second-order valence-corrected chi connectivity index (χ2v) is 4.66. The molecule has 1 rings (SSSR count). The van der Waals surface area contributed by atoms with Gasteiger partial charge in [0.15, 0.2) is 0 Å². The van der Waals surface area contributed by atoms with Gasteiger partial charge >= 0.3 is 6.03 Å². The molecule has 1 heterocycles. The Hall–Kier alpha value is -1.82. The SMILES string of the molecule is C=CCOCCN1CCN(CCNC(=O)C(=C)C)C1=O. The second kappa shape index (κ2) is 8.37. The van der Waals surface area contributed by atoms with Crippen molar-refractivity contribution < 1.29 is 14.3 Å². The van der Waals surface area contributed by atoms with Crippen LogP contribution in [0.3, 0.4) is 0 Å². The van der Waals surface area contributed by atoms with Gasteiger partial charge in [0.05, 0.1) is 13.2 Å². The first-order valence-electron chi connectivity index (χ1n) is 6.72. The maximum Gasteiger partial charge on any atom is 0.320 e. The molecular weight excluding hydrogens is 258 g/mol. The molecule has 1 fully saturated rings. The summed E-state index contributed by atoms with van der Waals surface area (Å²) >= 11 is 0. The molecule has 0 radical (unpaired) electrons. The Morgan fingerprint density at radius 1 is 1.40 bits per heavy atom. The van der Waals surface area contributed by atoms with Crippen molar-refractivity contribution in [3.8, 4) is 0 Å². The molecule has 1 saturated heterocycles. The minimum Gasteiger partial charge on any atom is -0.376 e. The number of rotatable bonds is 9. The van der Waals surface area contributed by atoms with Crippen LogP contribution in [0.2, 0.25) is 0 Å². The fraction of sp³-hybridized carbons (Fsp3) is 0.571. The molecule has 0 spiro atoms. The molecule has 1 N–H and O–H groups in total. The quantitative estimate of drug-likeness (QED) is 0.383. The van der Waals surface area contributed by atoms with E-state index >= 15 is 0 Å². The highest BCUT2D eigenvalue weighted by Gasteiger charge is 2.27. The first kappa shape index (κ1) is 16.2. The molecule has 20 heavy (non-hydrogen) atoms. The first-order chi connectivity index (χ1) is 9.56. The van der Waals surface area contributed by atoms with Gasteiger partial charge in [-0.05, 0) is 6.92 Å². The Kier molecular flexibility index (Phi) is 6.79. The lowest BCUT2D eigenvalue weighted by molar-refractivity contribution is -0.117. The minimum atomic E-state index is -0.175. The fourth-order valence-electron chi connectivity index (χ4n) is 1.84. The summed E-state index contributed by atoms with van der Waals surface area (Å²) in [5.74, 6) is -0.175. The van der Waals surface area contributed by atoms with E-state index in [4.69, 9.17) is 4.74 Å². The van der Waals surface area contributed by atoms with Crippen molar-refractivity contribution in [2.45, 2.75) is 6.92 Å². The van der Waals surface area contributed by atoms with Crippen LogP contribution in [0.5, 0.6) is 0 Å². The Morgan fingerprint density at radius 2 is 2.05 bits per heavy atom. The predicted molar refractivity (Wildman–Crippen MR) is 77.4 cm³/mol. The average Bonchev–Trinajstić information content (AvgIpc) is 2.76. The summed E-state index contributed by atoms with van der Waals surface area (Å²) in [6.07, 6.45) is 1.68. The molecule has 1 aliphatic rings. The van der Waals surface area contributed by atoms with Gasteiger partial charge in [-0.25, -0.2) is 4.79 Å². The molecule has 0 aromatic carbocycles. The number of nitrogens with one attached hydrogen (secondary N) is 1. The summed E-state index contributed by atoms with van der Waals surface area (Å²) < 4.78 is 5.27. The lowest BCUT2D eigenvalue weighted by Gasteiger charge is -2.18. The number of hydrogen-bond donors (Lipinski definition) is 1. The van der Waals surface area contributed by atoms with Crippen molar-refractivity contribution in [1.82, 2.24) is 15.1 Å². The van der Waals surface area contributed by atoms with Crippen molar-refractivity contribution >= 4 is 11.9 Å². The van der Waals surface area contributed by atoms with Gasteiger partial charge in [0.2, 0.25) is 5.91 Å². The summed E-state index contributed by atoms with van der Waals surface area (Å²) in [5.41, 5.74) is 0.471. The Bertz CT molecular complexity index is 382. The van der Waals surface area contributed by atoms with E-state index in [1.54, 1.807) is 22.8 Å². The van der Waals surface area contributed by atoms with E-state index in [0.29, 0.717) is 51.5 Å². The van der Waals surface area contributed by atoms with Gasteiger partial charge in [0.25, 0.3) is 0 Å². The third-order valence-electron chi connectivity index (χ3n) is 2.98. The topological polar surface area (TPSA) is 61.9 Å². The molecule has 0 aromatic heterocycles. The monoisotopic (exact) mass is 281 g/mol. The molecule has 0 aromatic rings. The molecular formula is C14H23N3O3. The highest BCUT2D eigenvalue weighted by molar-refractivity contribution is 5.92. The number of hydrogen-bond acceptors (Lipinski definition) is 3. The zero-order valence-electron chi connectivity index (χ0n) is 12.1. The van der Waals surface area contributed by atoms with Crippen LogP contribution in [0.1, 0.15) is 6.92 Å². The van der Waals surface area contributed by atoms with E-state index in [0.717, 1.165) is 0 Å². The molecule has 3 amide bonds. The van der Waals surface area contributed by atoms with Crippen LogP contribution < -0.4 is 5.32 Å². The van der Waals surface area contributed by atoms with Crippen molar-refractivity contribution in [2.24, 2.45) is 0 Å². The Balaban J connectivity index is 2.22. The molecule has 0 bridgehead atoms. The van der Waals surface area contributed by atoms with Crippen molar-refractivity contribution in [1.29, 1.82) is 0 Å². The second-order valence-electron chi connectivity index (χ2n) is 4.66. The van der Waals surface area contributed by atoms with Gasteiger partial charge in [0, 0.05) is 38.3 Å². The zero-order valence-corrected chi connectivity index (χ0v) is 12.1. The number of urea groups is 1. The number of carbonyl (C=O) groups is 2. The molecule has 0 aliphatic carbocycles. The fourth-order valence-corrected chi connectivity index (χ4v) is 1.84. The third kappa shape index (κ3) is 5.05. The van der Waals surface area contributed by atoms with Gasteiger partial charge in [-0.2, -0.15) is 0 Å². The highest BCUT2D eigenvalue weighted by Crippen LogP contribution is 2.07. The maximum atomic E-state index is 12.0. The van der Waals surface area contributed by atoms with E-state index in [1.165, 1.54) is 0 Å². The van der Waals surface area contributed by atoms with Crippen LogP contribution in [-0.2, 0) is 9.53 Å². The van der Waals surface area contributed by atoms with E-state index in [-0.39, 0.29) is 11.9 Å². The minimum absolute atomic E-state index is 0.00298. The summed E-state index contributed by atoms with van der Waals surface area (Å²) in [7, 11) is 0. The average molecular weight is 281 g/mol. The predicted octanol–water partition coefficient (Wildman–Crippen LogP) is 0.619. The van der Waals surface area contributed by atoms with Crippen LogP contribution in [0.25, 0.3) is 0 Å². The third-order valence-corrected chi connectivity index (χ3v) is 2.98. The number of nitrogens with zero attached hydrogens (tertiary/aromatic N) is 2. The number of ether oxygens (including phenoxy) is 1. The summed E-state index contributed by atoms with van der Waals surface area (Å²) in [5, 5.41) is 2.72. The summed E-state index contributed by atoms with van der Waals surface area (Å²) in [6, 6.07) is -0.00298. The van der Waals surface area contributed by atoms with E-state index in [1.807, 2.05) is 0 Å². The zero-order chi connectivity index (χ0) is 15.0. The lowest BCUT2D eigenvalue weighted by atomic mass is 10.3. The largest absolute Gasteiger partial charge is 0.376 e. The normalized spacial score (nSPS) is 14.6. The molecule has 1 aliphatic heterocycles. The molecule has 112 valence electrons. The lowest BCUT2D eigenvalue weighted by Crippen LogP contribution is -2.38. The Labute approximate surface area is 120 Å². The number of carbonyl (C=O) groups excluding carboxylic acids is 2.